The van der Waals surface area contributed by atoms with Crippen LogP contribution in [0.2, 0.25) is 0 Å². The second-order valence-electron chi connectivity index (χ2n) is 3.99. The fourth-order valence-corrected chi connectivity index (χ4v) is 1.66. The summed E-state index contributed by atoms with van der Waals surface area (Å²) in [7, 11) is 0. The first-order valence-corrected chi connectivity index (χ1v) is 5.75. The molecule has 0 saturated carbocycles. The van der Waals surface area contributed by atoms with Gasteiger partial charge in [-0.15, -0.1) is 0 Å². The first-order valence-electron chi connectivity index (χ1n) is 4.96. The average Bonchev–Trinajstić information content (AvgIpc) is 2.20. The minimum atomic E-state index is -0.468. The number of halogens is 1. The Morgan fingerprint density at radius 2 is 2.25 bits per heavy atom. The van der Waals surface area contributed by atoms with E-state index in [2.05, 4.69) is 20.9 Å². The molecule has 1 heterocycles. The third-order valence-corrected chi connectivity index (χ3v) is 3.09. The second-order valence-corrected chi connectivity index (χ2v) is 4.85. The molecule has 0 aliphatic carbocycles. The van der Waals surface area contributed by atoms with Crippen molar-refractivity contribution in [2.24, 2.45) is 11.7 Å². The van der Waals surface area contributed by atoms with Crippen molar-refractivity contribution in [2.45, 2.75) is 26.3 Å². The molecule has 6 heteroatoms. The highest BCUT2D eigenvalue weighted by Crippen LogP contribution is 2.22. The van der Waals surface area contributed by atoms with E-state index in [0.29, 0.717) is 16.8 Å². The maximum absolute atomic E-state index is 10.5. The van der Waals surface area contributed by atoms with Crippen molar-refractivity contribution in [3.63, 3.8) is 0 Å². The van der Waals surface area contributed by atoms with E-state index < -0.39 is 4.92 Å². The molecule has 0 bridgehead atoms. The van der Waals surface area contributed by atoms with Crippen LogP contribution in [0, 0.1) is 16.0 Å². The summed E-state index contributed by atoms with van der Waals surface area (Å²) >= 11 is 3.27. The standard InChI is InChI=1S/C10H14BrN3O2/c1-6(2)9(12)4-10-8(11)3-7(5-13-10)14(15)16/h3,5-6,9H,4,12H2,1-2H3. The summed E-state index contributed by atoms with van der Waals surface area (Å²) in [6, 6.07) is 1.46. The summed E-state index contributed by atoms with van der Waals surface area (Å²) in [5, 5.41) is 10.5. The van der Waals surface area contributed by atoms with E-state index in [1.807, 2.05) is 13.8 Å². The van der Waals surface area contributed by atoms with Crippen molar-refractivity contribution >= 4 is 21.6 Å². The van der Waals surface area contributed by atoms with Gasteiger partial charge < -0.3 is 5.73 Å². The Balaban J connectivity index is 2.87. The number of nitro groups is 1. The van der Waals surface area contributed by atoms with E-state index in [4.69, 9.17) is 5.73 Å². The smallest absolute Gasteiger partial charge is 0.288 e. The topological polar surface area (TPSA) is 82.0 Å². The van der Waals surface area contributed by atoms with Crippen LogP contribution in [0.3, 0.4) is 0 Å². The van der Waals surface area contributed by atoms with Gasteiger partial charge in [-0.3, -0.25) is 15.1 Å². The first kappa shape index (κ1) is 13.1. The van der Waals surface area contributed by atoms with E-state index in [1.54, 1.807) is 0 Å². The van der Waals surface area contributed by atoms with Crippen LogP contribution in [0.25, 0.3) is 0 Å². The van der Waals surface area contributed by atoms with Crippen LogP contribution in [0.15, 0.2) is 16.7 Å². The van der Waals surface area contributed by atoms with Gasteiger partial charge in [-0.25, -0.2) is 0 Å². The molecule has 0 saturated heterocycles. The van der Waals surface area contributed by atoms with Crippen LogP contribution in [0.5, 0.6) is 0 Å². The van der Waals surface area contributed by atoms with E-state index in [1.165, 1.54) is 12.3 Å². The normalized spacial score (nSPS) is 12.8. The monoisotopic (exact) mass is 287 g/mol. The van der Waals surface area contributed by atoms with Gasteiger partial charge in [0.1, 0.15) is 6.20 Å². The van der Waals surface area contributed by atoms with Crippen LogP contribution >= 0.6 is 15.9 Å². The summed E-state index contributed by atoms with van der Waals surface area (Å²) in [6.45, 7) is 4.06. The van der Waals surface area contributed by atoms with Crippen LogP contribution in [-0.2, 0) is 6.42 Å². The molecule has 0 aliphatic rings. The number of aromatic nitrogens is 1. The second kappa shape index (κ2) is 5.36. The van der Waals surface area contributed by atoms with Gasteiger partial charge in [-0.2, -0.15) is 0 Å². The zero-order valence-corrected chi connectivity index (χ0v) is 10.8. The Bertz CT molecular complexity index is 396. The molecule has 0 aromatic carbocycles. The molecule has 1 rings (SSSR count). The molecule has 1 atom stereocenters. The van der Waals surface area contributed by atoms with Crippen molar-refractivity contribution in [3.8, 4) is 0 Å². The Morgan fingerprint density at radius 3 is 2.69 bits per heavy atom. The number of nitrogens with two attached hydrogens (primary N) is 1. The number of nitrogens with zero attached hydrogens (tertiary/aromatic N) is 2. The maximum Gasteiger partial charge on any atom is 0.288 e. The molecular formula is C10H14BrN3O2. The SMILES string of the molecule is CC(C)C(N)Cc1ncc([N+](=O)[O-])cc1Br. The largest absolute Gasteiger partial charge is 0.327 e. The van der Waals surface area contributed by atoms with Gasteiger partial charge in [-0.05, 0) is 21.8 Å². The highest BCUT2D eigenvalue weighted by molar-refractivity contribution is 9.10. The molecule has 0 spiro atoms. The molecule has 1 aromatic rings. The Hall–Kier alpha value is -1.01. The molecule has 5 nitrogen and oxygen atoms in total. The average molecular weight is 288 g/mol. The van der Waals surface area contributed by atoms with Crippen LogP contribution in [-0.4, -0.2) is 15.9 Å². The zero-order valence-electron chi connectivity index (χ0n) is 9.18. The lowest BCUT2D eigenvalue weighted by Crippen LogP contribution is -2.29. The molecule has 0 radical (unpaired) electrons. The summed E-state index contributed by atoms with van der Waals surface area (Å²) in [5.41, 5.74) is 6.66. The molecule has 88 valence electrons. The summed E-state index contributed by atoms with van der Waals surface area (Å²) in [5.74, 6) is 0.351. The molecular weight excluding hydrogens is 274 g/mol. The lowest BCUT2D eigenvalue weighted by Gasteiger charge is -2.15. The summed E-state index contributed by atoms with van der Waals surface area (Å²) in [4.78, 5) is 14.1. The fourth-order valence-electron chi connectivity index (χ4n) is 1.17. The molecule has 0 fully saturated rings. The molecule has 16 heavy (non-hydrogen) atoms. The molecule has 0 aliphatic heterocycles. The van der Waals surface area contributed by atoms with E-state index in [9.17, 15) is 10.1 Å². The Labute approximate surface area is 102 Å². The van der Waals surface area contributed by atoms with Crippen LogP contribution in [0.4, 0.5) is 5.69 Å². The number of hydrogen-bond donors (Lipinski definition) is 1. The molecule has 2 N–H and O–H groups in total. The van der Waals surface area contributed by atoms with Crippen molar-refractivity contribution in [1.29, 1.82) is 0 Å². The van der Waals surface area contributed by atoms with Crippen molar-refractivity contribution in [1.82, 2.24) is 4.98 Å². The lowest BCUT2D eigenvalue weighted by molar-refractivity contribution is -0.385. The highest BCUT2D eigenvalue weighted by atomic mass is 79.9. The Morgan fingerprint density at radius 1 is 1.62 bits per heavy atom. The van der Waals surface area contributed by atoms with E-state index in [-0.39, 0.29) is 11.7 Å². The fraction of sp³-hybridized carbons (Fsp3) is 0.500. The highest BCUT2D eigenvalue weighted by Gasteiger charge is 2.14. The van der Waals surface area contributed by atoms with Gasteiger partial charge in [0, 0.05) is 23.0 Å². The van der Waals surface area contributed by atoms with Gasteiger partial charge in [0.05, 0.1) is 10.6 Å². The molecule has 1 aromatic heterocycles. The van der Waals surface area contributed by atoms with E-state index >= 15 is 0 Å². The van der Waals surface area contributed by atoms with Gasteiger partial charge in [0.25, 0.3) is 5.69 Å². The molecule has 1 unspecified atom stereocenters. The van der Waals surface area contributed by atoms with Gasteiger partial charge in [-0.1, -0.05) is 13.8 Å². The van der Waals surface area contributed by atoms with Crippen molar-refractivity contribution in [2.75, 3.05) is 0 Å². The van der Waals surface area contributed by atoms with Crippen LogP contribution < -0.4 is 5.73 Å². The van der Waals surface area contributed by atoms with Crippen molar-refractivity contribution in [3.05, 3.63) is 32.5 Å². The minimum Gasteiger partial charge on any atom is -0.327 e. The quantitative estimate of drug-likeness (QED) is 0.680. The minimum absolute atomic E-state index is 0.00487. The summed E-state index contributed by atoms with van der Waals surface area (Å²) in [6.07, 6.45) is 1.86. The lowest BCUT2D eigenvalue weighted by atomic mass is 10.0. The maximum atomic E-state index is 10.5. The van der Waals surface area contributed by atoms with Gasteiger partial charge in [0.2, 0.25) is 0 Å². The van der Waals surface area contributed by atoms with Gasteiger partial charge in [0.15, 0.2) is 0 Å². The summed E-state index contributed by atoms with van der Waals surface area (Å²) < 4.78 is 0.637. The number of pyridine rings is 1. The van der Waals surface area contributed by atoms with Crippen molar-refractivity contribution < 1.29 is 4.92 Å². The third-order valence-electron chi connectivity index (χ3n) is 2.40. The van der Waals surface area contributed by atoms with E-state index in [0.717, 1.165) is 5.69 Å². The predicted octanol–water partition coefficient (Wildman–Crippen LogP) is 2.28. The molecule has 0 amide bonds. The van der Waals surface area contributed by atoms with Crippen LogP contribution in [0.1, 0.15) is 19.5 Å². The first-order chi connectivity index (χ1) is 7.41. The Kier molecular flexibility index (Phi) is 4.37. The number of hydrogen-bond acceptors (Lipinski definition) is 4. The number of rotatable bonds is 4. The predicted molar refractivity (Wildman–Crippen MR) is 65.1 cm³/mol. The van der Waals surface area contributed by atoms with Gasteiger partial charge >= 0.3 is 0 Å². The third kappa shape index (κ3) is 3.24. The zero-order chi connectivity index (χ0) is 12.3.